The predicted molar refractivity (Wildman–Crippen MR) is 226 cm³/mol. The summed E-state index contributed by atoms with van der Waals surface area (Å²) in [4.78, 5) is 4.80. The van der Waals surface area contributed by atoms with Crippen LogP contribution in [0.4, 0.5) is 0 Å². The van der Waals surface area contributed by atoms with Crippen molar-refractivity contribution in [3.63, 3.8) is 0 Å². The van der Waals surface area contributed by atoms with Crippen molar-refractivity contribution in [3.8, 4) is 56.0 Å². The lowest BCUT2D eigenvalue weighted by atomic mass is 9.96. The maximum absolute atomic E-state index is 4.80. The van der Waals surface area contributed by atoms with Gasteiger partial charge in [-0.2, -0.15) is 0 Å². The van der Waals surface area contributed by atoms with Gasteiger partial charge in [0.15, 0.2) is 0 Å². The predicted octanol–water partition coefficient (Wildman–Crippen LogP) is 13.4. The molecule has 0 spiro atoms. The fourth-order valence-electron chi connectivity index (χ4n) is 9.07. The molecule has 0 radical (unpaired) electrons. The molecule has 3 heterocycles. The van der Waals surface area contributed by atoms with Crippen LogP contribution in [-0.4, -0.2) is 14.1 Å². The van der Waals surface area contributed by atoms with E-state index in [4.69, 9.17) is 4.98 Å². The lowest BCUT2D eigenvalue weighted by Crippen LogP contribution is -1.93. The summed E-state index contributed by atoms with van der Waals surface area (Å²) in [7, 11) is 0. The van der Waals surface area contributed by atoms with E-state index in [1.165, 1.54) is 99.0 Å². The topological polar surface area (TPSA) is 22.8 Å². The Morgan fingerprint density at radius 3 is 1.61 bits per heavy atom. The van der Waals surface area contributed by atoms with Gasteiger partial charge in [-0.1, -0.05) is 103 Å². The number of fused-ring (bicyclic) bond motifs is 9. The molecule has 1 aliphatic carbocycles. The second kappa shape index (κ2) is 11.1. The molecule has 3 nitrogen and oxygen atoms in total. The average Bonchev–Trinajstić information content (AvgIpc) is 3.87. The van der Waals surface area contributed by atoms with E-state index in [1.807, 2.05) is 6.20 Å². The summed E-state index contributed by atoms with van der Waals surface area (Å²) in [5.74, 6) is 0. The van der Waals surface area contributed by atoms with E-state index in [1.54, 1.807) is 0 Å². The summed E-state index contributed by atoms with van der Waals surface area (Å²) in [6, 6.07) is 66.5. The number of hydrogen-bond donors (Lipinski definition) is 0. The molecule has 54 heavy (non-hydrogen) atoms. The molecule has 3 heteroatoms. The van der Waals surface area contributed by atoms with Crippen molar-refractivity contribution < 1.29 is 0 Å². The van der Waals surface area contributed by atoms with Crippen LogP contribution in [0.3, 0.4) is 0 Å². The number of pyridine rings is 1. The fraction of sp³-hybridized carbons (Fsp3) is 0. The Morgan fingerprint density at radius 1 is 0.333 bits per heavy atom. The van der Waals surface area contributed by atoms with E-state index in [-0.39, 0.29) is 0 Å². The molecule has 0 N–H and O–H groups in total. The van der Waals surface area contributed by atoms with Crippen molar-refractivity contribution in [2.45, 2.75) is 0 Å². The highest BCUT2D eigenvalue weighted by molar-refractivity contribution is 6.16. The van der Waals surface area contributed by atoms with Crippen molar-refractivity contribution in [1.29, 1.82) is 0 Å². The minimum Gasteiger partial charge on any atom is -0.309 e. The standard InChI is InChI=1S/C51H31N3/c1-3-11-37(12-4-1)53-46-18-10-9-16-40(46)43-28-32(20-23-47(43)53)33-21-24-48-44(29-33)41-22-19-34(31-49(41)54(48)38-13-5-2-6-14-38)36-27-35-25-26-52-51-42-17-8-7-15-39(42)45(30-36)50(35)51/h1-31H. The quantitative estimate of drug-likeness (QED) is 0.181. The minimum atomic E-state index is 1.08. The summed E-state index contributed by atoms with van der Waals surface area (Å²) < 4.78 is 4.80. The number of aromatic nitrogens is 3. The van der Waals surface area contributed by atoms with Crippen molar-refractivity contribution in [2.24, 2.45) is 0 Å². The smallest absolute Gasteiger partial charge is 0.0792 e. The zero-order valence-electron chi connectivity index (χ0n) is 29.2. The van der Waals surface area contributed by atoms with Gasteiger partial charge in [0.05, 0.1) is 27.8 Å². The van der Waals surface area contributed by atoms with Crippen molar-refractivity contribution in [3.05, 3.63) is 188 Å². The number of hydrogen-bond acceptors (Lipinski definition) is 1. The first-order chi connectivity index (χ1) is 26.8. The summed E-state index contributed by atoms with van der Waals surface area (Å²) >= 11 is 0. The largest absolute Gasteiger partial charge is 0.309 e. The maximum atomic E-state index is 4.80. The molecule has 11 aromatic rings. The molecule has 0 aliphatic heterocycles. The molecular formula is C51H31N3. The Bertz CT molecular complexity index is 3310. The van der Waals surface area contributed by atoms with Gasteiger partial charge >= 0.3 is 0 Å². The van der Waals surface area contributed by atoms with Crippen LogP contribution in [0, 0.1) is 0 Å². The Kier molecular flexibility index (Phi) is 6.05. The van der Waals surface area contributed by atoms with Crippen LogP contribution in [-0.2, 0) is 0 Å². The SMILES string of the molecule is c1ccc(-n2c3ccccc3c3cc(-c4ccc5c(c4)c4ccc(-c6cc7c8c(nccc8c6)-c6ccccc6-7)cc4n5-c4ccccc4)ccc32)cc1. The van der Waals surface area contributed by atoms with Gasteiger partial charge in [0.25, 0.3) is 0 Å². The highest BCUT2D eigenvalue weighted by Gasteiger charge is 2.23. The summed E-state index contributed by atoms with van der Waals surface area (Å²) in [6.45, 7) is 0. The van der Waals surface area contributed by atoms with E-state index in [0.29, 0.717) is 0 Å². The van der Waals surface area contributed by atoms with Gasteiger partial charge in [-0.15, -0.1) is 0 Å². The van der Waals surface area contributed by atoms with Gasteiger partial charge in [-0.25, -0.2) is 0 Å². The molecule has 0 fully saturated rings. The van der Waals surface area contributed by atoms with Crippen LogP contribution in [0.15, 0.2) is 188 Å². The molecule has 1 aliphatic rings. The lowest BCUT2D eigenvalue weighted by molar-refractivity contribution is 1.18. The molecule has 0 bridgehead atoms. The third-order valence-electron chi connectivity index (χ3n) is 11.5. The van der Waals surface area contributed by atoms with Gasteiger partial charge in [0, 0.05) is 50.1 Å². The van der Waals surface area contributed by atoms with E-state index in [2.05, 4.69) is 191 Å². The van der Waals surface area contributed by atoms with Gasteiger partial charge in [0.2, 0.25) is 0 Å². The molecule has 0 saturated carbocycles. The van der Waals surface area contributed by atoms with Crippen LogP contribution < -0.4 is 0 Å². The van der Waals surface area contributed by atoms with Crippen LogP contribution in [0.2, 0.25) is 0 Å². The summed E-state index contributed by atoms with van der Waals surface area (Å²) in [5.41, 5.74) is 16.8. The van der Waals surface area contributed by atoms with Gasteiger partial charge in [0.1, 0.15) is 0 Å². The minimum absolute atomic E-state index is 1.08. The zero-order valence-corrected chi connectivity index (χ0v) is 29.2. The summed E-state index contributed by atoms with van der Waals surface area (Å²) in [6.07, 6.45) is 1.94. The number of nitrogens with zero attached hydrogens (tertiary/aromatic N) is 3. The van der Waals surface area contributed by atoms with Crippen LogP contribution in [0.25, 0.3) is 110 Å². The molecule has 0 amide bonds. The Morgan fingerprint density at radius 2 is 0.889 bits per heavy atom. The average molecular weight is 686 g/mol. The molecule has 0 unspecified atom stereocenters. The molecule has 12 rings (SSSR count). The second-order valence-corrected chi connectivity index (χ2v) is 14.4. The van der Waals surface area contributed by atoms with Crippen LogP contribution >= 0.6 is 0 Å². The van der Waals surface area contributed by atoms with Crippen molar-refractivity contribution in [1.82, 2.24) is 14.1 Å². The molecular weight excluding hydrogens is 655 g/mol. The third kappa shape index (κ3) is 4.15. The molecule has 0 atom stereocenters. The molecule has 250 valence electrons. The Balaban J connectivity index is 1.05. The Labute approximate surface area is 311 Å². The van der Waals surface area contributed by atoms with Crippen molar-refractivity contribution >= 4 is 54.4 Å². The van der Waals surface area contributed by atoms with E-state index < -0.39 is 0 Å². The number of benzene rings is 8. The normalized spacial score (nSPS) is 12.1. The third-order valence-corrected chi connectivity index (χ3v) is 11.5. The number of para-hydroxylation sites is 3. The first kappa shape index (κ1) is 29.4. The maximum Gasteiger partial charge on any atom is 0.0792 e. The van der Waals surface area contributed by atoms with Crippen LogP contribution in [0.1, 0.15) is 0 Å². The monoisotopic (exact) mass is 685 g/mol. The highest BCUT2D eigenvalue weighted by atomic mass is 15.0. The molecule has 3 aromatic heterocycles. The fourth-order valence-corrected chi connectivity index (χ4v) is 9.07. The highest BCUT2D eigenvalue weighted by Crippen LogP contribution is 2.48. The molecule has 0 saturated heterocycles. The van der Waals surface area contributed by atoms with Crippen molar-refractivity contribution in [2.75, 3.05) is 0 Å². The zero-order chi connectivity index (χ0) is 35.3. The van der Waals surface area contributed by atoms with E-state index >= 15 is 0 Å². The first-order valence-corrected chi connectivity index (χ1v) is 18.5. The summed E-state index contributed by atoms with van der Waals surface area (Å²) in [5, 5.41) is 7.47. The van der Waals surface area contributed by atoms with Gasteiger partial charge in [-0.05, 0) is 118 Å². The molecule has 8 aromatic carbocycles. The number of rotatable bonds is 4. The van der Waals surface area contributed by atoms with Gasteiger partial charge in [-0.3, -0.25) is 4.98 Å². The van der Waals surface area contributed by atoms with E-state index in [0.717, 1.165) is 11.4 Å². The lowest BCUT2D eigenvalue weighted by Gasteiger charge is -2.11. The Hall–Kier alpha value is -7.23. The second-order valence-electron chi connectivity index (χ2n) is 14.4. The van der Waals surface area contributed by atoms with Crippen LogP contribution in [0.5, 0.6) is 0 Å². The first-order valence-electron chi connectivity index (χ1n) is 18.5. The van der Waals surface area contributed by atoms with Gasteiger partial charge < -0.3 is 9.13 Å². The van der Waals surface area contributed by atoms with E-state index in [9.17, 15) is 0 Å².